The Labute approximate surface area is 125 Å². The normalized spacial score (nSPS) is 9.95. The minimum Gasteiger partial charge on any atom is -0.493 e. The summed E-state index contributed by atoms with van der Waals surface area (Å²) in [6, 6.07) is 8.55. The smallest absolute Gasteiger partial charge is 0.258 e. The van der Waals surface area contributed by atoms with Gasteiger partial charge >= 0.3 is 0 Å². The number of carbonyl (C=O) groups excluding carboxylic acids is 1. The van der Waals surface area contributed by atoms with Crippen LogP contribution in [0.1, 0.15) is 10.4 Å². The molecule has 0 aliphatic rings. The zero-order valence-corrected chi connectivity index (χ0v) is 12.6. The lowest BCUT2D eigenvalue weighted by Gasteiger charge is -2.11. The fourth-order valence-electron chi connectivity index (χ4n) is 1.67. The molecule has 6 heteroatoms. The Balaban J connectivity index is 2.22. The summed E-state index contributed by atoms with van der Waals surface area (Å²) < 4.78 is 10.8. The molecule has 20 heavy (non-hydrogen) atoms. The molecule has 1 heterocycles. The Morgan fingerprint density at radius 2 is 1.95 bits per heavy atom. The quantitative estimate of drug-likeness (QED) is 0.871. The van der Waals surface area contributed by atoms with E-state index in [4.69, 9.17) is 9.47 Å². The van der Waals surface area contributed by atoms with Crippen LogP contribution in [0.25, 0.3) is 0 Å². The van der Waals surface area contributed by atoms with Crippen molar-refractivity contribution in [3.8, 4) is 11.5 Å². The van der Waals surface area contributed by atoms with E-state index in [1.54, 1.807) is 50.7 Å². The molecule has 0 spiro atoms. The van der Waals surface area contributed by atoms with Crippen molar-refractivity contribution >= 4 is 27.5 Å². The number of aromatic nitrogens is 1. The highest BCUT2D eigenvalue weighted by Gasteiger charge is 2.12. The summed E-state index contributed by atoms with van der Waals surface area (Å²) in [6.07, 6.45) is 1.61. The second kappa shape index (κ2) is 6.38. The van der Waals surface area contributed by atoms with Crippen molar-refractivity contribution in [2.45, 2.75) is 0 Å². The number of pyridine rings is 1. The van der Waals surface area contributed by atoms with Crippen molar-refractivity contribution in [3.05, 3.63) is 46.7 Å². The van der Waals surface area contributed by atoms with Crippen molar-refractivity contribution in [2.24, 2.45) is 0 Å². The van der Waals surface area contributed by atoms with Crippen LogP contribution in [0, 0.1) is 0 Å². The van der Waals surface area contributed by atoms with Gasteiger partial charge in [-0.05, 0) is 40.2 Å². The third kappa shape index (κ3) is 3.08. The molecule has 5 nitrogen and oxygen atoms in total. The molecule has 1 amide bonds. The highest BCUT2D eigenvalue weighted by atomic mass is 79.9. The van der Waals surface area contributed by atoms with Crippen molar-refractivity contribution in [3.63, 3.8) is 0 Å². The molecule has 1 aromatic heterocycles. The number of benzene rings is 1. The largest absolute Gasteiger partial charge is 0.493 e. The van der Waals surface area contributed by atoms with Gasteiger partial charge in [-0.2, -0.15) is 0 Å². The number of anilines is 1. The highest BCUT2D eigenvalue weighted by Crippen LogP contribution is 2.30. The van der Waals surface area contributed by atoms with E-state index in [0.717, 1.165) is 0 Å². The maximum atomic E-state index is 12.1. The van der Waals surface area contributed by atoms with E-state index in [1.807, 2.05) is 0 Å². The van der Waals surface area contributed by atoms with Crippen LogP contribution >= 0.6 is 15.9 Å². The first-order valence-corrected chi connectivity index (χ1v) is 6.59. The number of rotatable bonds is 4. The van der Waals surface area contributed by atoms with Crippen LogP contribution < -0.4 is 14.8 Å². The lowest BCUT2D eigenvalue weighted by atomic mass is 10.2. The van der Waals surface area contributed by atoms with Gasteiger partial charge < -0.3 is 14.8 Å². The Morgan fingerprint density at radius 3 is 2.60 bits per heavy atom. The second-order valence-corrected chi connectivity index (χ2v) is 4.62. The Bertz CT molecular complexity index is 632. The summed E-state index contributed by atoms with van der Waals surface area (Å²) in [7, 11) is 3.10. The van der Waals surface area contributed by atoms with Gasteiger partial charge in [-0.25, -0.2) is 4.98 Å². The average Bonchev–Trinajstić information content (AvgIpc) is 2.47. The predicted octanol–water partition coefficient (Wildman–Crippen LogP) is 3.11. The molecule has 0 aliphatic heterocycles. The van der Waals surface area contributed by atoms with Gasteiger partial charge in [-0.3, -0.25) is 4.79 Å². The van der Waals surface area contributed by atoms with Crippen molar-refractivity contribution in [1.82, 2.24) is 4.98 Å². The van der Waals surface area contributed by atoms with E-state index >= 15 is 0 Å². The molecule has 0 unspecified atom stereocenters. The van der Waals surface area contributed by atoms with E-state index in [2.05, 4.69) is 26.2 Å². The SMILES string of the molecule is COc1ccc(NC(=O)c2cccnc2Br)cc1OC. The zero-order valence-electron chi connectivity index (χ0n) is 11.0. The topological polar surface area (TPSA) is 60.5 Å². The number of halogens is 1. The fraction of sp³-hybridized carbons (Fsp3) is 0.143. The van der Waals surface area contributed by atoms with Gasteiger partial charge in [0.05, 0.1) is 19.8 Å². The average molecular weight is 337 g/mol. The van der Waals surface area contributed by atoms with E-state index in [1.165, 1.54) is 0 Å². The standard InChI is InChI=1S/C14H13BrN2O3/c1-19-11-6-5-9(8-12(11)20-2)17-14(18)10-4-3-7-16-13(10)15/h3-8H,1-2H3,(H,17,18). The minimum atomic E-state index is -0.253. The maximum Gasteiger partial charge on any atom is 0.258 e. The number of nitrogens with zero attached hydrogens (tertiary/aromatic N) is 1. The van der Waals surface area contributed by atoms with Gasteiger partial charge in [0.1, 0.15) is 4.60 Å². The summed E-state index contributed by atoms with van der Waals surface area (Å²) in [4.78, 5) is 16.1. The number of hydrogen-bond donors (Lipinski definition) is 1. The molecule has 0 aliphatic carbocycles. The molecule has 0 saturated heterocycles. The monoisotopic (exact) mass is 336 g/mol. The molecule has 0 radical (unpaired) electrons. The van der Waals surface area contributed by atoms with Crippen LogP contribution in [0.2, 0.25) is 0 Å². The molecular weight excluding hydrogens is 324 g/mol. The molecule has 0 bridgehead atoms. The highest BCUT2D eigenvalue weighted by molar-refractivity contribution is 9.10. The van der Waals surface area contributed by atoms with Gasteiger partial charge in [0.2, 0.25) is 0 Å². The van der Waals surface area contributed by atoms with Gasteiger partial charge in [0.15, 0.2) is 11.5 Å². The first-order valence-electron chi connectivity index (χ1n) is 5.79. The fourth-order valence-corrected chi connectivity index (χ4v) is 2.10. The predicted molar refractivity (Wildman–Crippen MR) is 79.4 cm³/mol. The van der Waals surface area contributed by atoms with Crippen LogP contribution in [0.5, 0.6) is 11.5 Å². The number of methoxy groups -OCH3 is 2. The molecule has 2 aromatic rings. The summed E-state index contributed by atoms with van der Waals surface area (Å²) in [5.74, 6) is 0.904. The third-order valence-corrected chi connectivity index (χ3v) is 3.28. The Hall–Kier alpha value is -2.08. The van der Waals surface area contributed by atoms with Crippen LogP contribution in [-0.2, 0) is 0 Å². The number of amides is 1. The number of carbonyl (C=O) groups is 1. The van der Waals surface area contributed by atoms with Gasteiger partial charge in [-0.1, -0.05) is 0 Å². The molecule has 104 valence electrons. The molecule has 1 N–H and O–H groups in total. The number of hydrogen-bond acceptors (Lipinski definition) is 4. The van der Waals surface area contributed by atoms with Gasteiger partial charge in [-0.15, -0.1) is 0 Å². The van der Waals surface area contributed by atoms with Crippen LogP contribution in [0.3, 0.4) is 0 Å². The summed E-state index contributed by atoms with van der Waals surface area (Å²) in [6.45, 7) is 0. The Kier molecular flexibility index (Phi) is 4.57. The van der Waals surface area contributed by atoms with E-state index < -0.39 is 0 Å². The third-order valence-electron chi connectivity index (χ3n) is 2.65. The lowest BCUT2D eigenvalue weighted by Crippen LogP contribution is -2.13. The number of nitrogens with one attached hydrogen (secondary N) is 1. The first kappa shape index (κ1) is 14.3. The van der Waals surface area contributed by atoms with E-state index in [9.17, 15) is 4.79 Å². The van der Waals surface area contributed by atoms with Crippen LogP contribution in [0.15, 0.2) is 41.1 Å². The molecule has 1 aromatic carbocycles. The van der Waals surface area contributed by atoms with Gasteiger partial charge in [0.25, 0.3) is 5.91 Å². The van der Waals surface area contributed by atoms with Crippen LogP contribution in [-0.4, -0.2) is 25.1 Å². The van der Waals surface area contributed by atoms with E-state index in [-0.39, 0.29) is 5.91 Å². The summed E-state index contributed by atoms with van der Waals surface area (Å²) in [5, 5.41) is 2.78. The molecule has 0 saturated carbocycles. The summed E-state index contributed by atoms with van der Waals surface area (Å²) >= 11 is 3.24. The van der Waals surface area contributed by atoms with Crippen molar-refractivity contribution < 1.29 is 14.3 Å². The van der Waals surface area contributed by atoms with Crippen LogP contribution in [0.4, 0.5) is 5.69 Å². The van der Waals surface area contributed by atoms with E-state index in [0.29, 0.717) is 27.4 Å². The van der Waals surface area contributed by atoms with Crippen molar-refractivity contribution in [2.75, 3.05) is 19.5 Å². The number of ether oxygens (including phenoxy) is 2. The Morgan fingerprint density at radius 1 is 1.20 bits per heavy atom. The zero-order chi connectivity index (χ0) is 14.5. The lowest BCUT2D eigenvalue weighted by molar-refractivity contribution is 0.102. The second-order valence-electron chi connectivity index (χ2n) is 3.87. The summed E-state index contributed by atoms with van der Waals surface area (Å²) in [5.41, 5.74) is 1.07. The van der Waals surface area contributed by atoms with Crippen molar-refractivity contribution in [1.29, 1.82) is 0 Å². The van der Waals surface area contributed by atoms with Gasteiger partial charge in [0, 0.05) is 18.0 Å². The molecule has 0 atom stereocenters. The maximum absolute atomic E-state index is 12.1. The molecule has 2 rings (SSSR count). The minimum absolute atomic E-state index is 0.253. The molecule has 0 fully saturated rings. The molecular formula is C14H13BrN2O3. The first-order chi connectivity index (χ1) is 9.65.